The minimum Gasteiger partial charge on any atom is -0.478 e. The van der Waals surface area contributed by atoms with Crippen molar-refractivity contribution in [3.63, 3.8) is 0 Å². The van der Waals surface area contributed by atoms with Gasteiger partial charge in [0, 0.05) is 30.3 Å². The number of fused-ring (bicyclic) bond motifs is 3. The number of aliphatic imine (C=N–C) groups is 1. The zero-order valence-electron chi connectivity index (χ0n) is 20.9. The van der Waals surface area contributed by atoms with E-state index >= 15 is 0 Å². The van der Waals surface area contributed by atoms with Gasteiger partial charge in [0.1, 0.15) is 0 Å². The molecule has 0 saturated carbocycles. The van der Waals surface area contributed by atoms with Crippen LogP contribution in [-0.4, -0.2) is 29.0 Å². The topological polar surface area (TPSA) is 89.7 Å². The highest BCUT2D eigenvalue weighted by molar-refractivity contribution is 6.19. The molecule has 0 amide bonds. The Kier molecular flexibility index (Phi) is 5.34. The predicted molar refractivity (Wildman–Crippen MR) is 138 cm³/mol. The molecule has 0 radical (unpaired) electrons. The van der Waals surface area contributed by atoms with Crippen molar-refractivity contribution in [1.29, 1.82) is 0 Å². The van der Waals surface area contributed by atoms with E-state index < -0.39 is 5.97 Å². The number of benzene rings is 3. The first kappa shape index (κ1) is 23.3. The highest BCUT2D eigenvalue weighted by atomic mass is 16.5. The molecule has 1 aliphatic carbocycles. The van der Waals surface area contributed by atoms with Crippen LogP contribution < -0.4 is 10.4 Å². The molecule has 5 rings (SSSR count). The average molecular weight is 471 g/mol. The maximum absolute atomic E-state index is 11.4. The van der Waals surface area contributed by atoms with E-state index in [-0.39, 0.29) is 16.4 Å². The quantitative estimate of drug-likeness (QED) is 0.345. The average Bonchev–Trinajstić information content (AvgIpc) is 2.95. The Bertz CT molecular complexity index is 1370. The van der Waals surface area contributed by atoms with Crippen molar-refractivity contribution in [2.75, 3.05) is 11.9 Å². The molecule has 1 aliphatic heterocycles. The summed E-state index contributed by atoms with van der Waals surface area (Å²) in [6.07, 6.45) is 2.23. The van der Waals surface area contributed by atoms with Crippen LogP contribution in [0.25, 0.3) is 0 Å². The number of anilines is 2. The molecule has 0 bridgehead atoms. The number of hydrogen-bond donors (Lipinski definition) is 3. The molecule has 35 heavy (non-hydrogen) atoms. The first-order valence-electron chi connectivity index (χ1n) is 12.0. The van der Waals surface area contributed by atoms with Crippen molar-refractivity contribution in [2.45, 2.75) is 51.4 Å². The van der Waals surface area contributed by atoms with Crippen molar-refractivity contribution < 1.29 is 20.6 Å². The van der Waals surface area contributed by atoms with Crippen LogP contribution in [0.15, 0.2) is 59.6 Å². The van der Waals surface area contributed by atoms with Crippen LogP contribution in [0, 0.1) is 0 Å². The van der Waals surface area contributed by atoms with Gasteiger partial charge in [-0.05, 0) is 65.1 Å². The first-order chi connectivity index (χ1) is 16.5. The number of nitrogens with zero attached hydrogens (tertiary/aromatic N) is 2. The lowest BCUT2D eigenvalue weighted by molar-refractivity contribution is -0.825. The molecule has 0 spiro atoms. The highest BCUT2D eigenvalue weighted by Crippen LogP contribution is 2.50. The zero-order chi connectivity index (χ0) is 25.1. The molecule has 6 heteroatoms. The lowest BCUT2D eigenvalue weighted by atomic mass is 9.62. The molecule has 4 N–H and O–H groups in total. The molecule has 180 valence electrons. The van der Waals surface area contributed by atoms with Gasteiger partial charge in [0.15, 0.2) is 5.69 Å². The molecule has 0 unspecified atom stereocenters. The van der Waals surface area contributed by atoms with Gasteiger partial charge in [-0.2, -0.15) is 5.48 Å². The van der Waals surface area contributed by atoms with Gasteiger partial charge in [-0.25, -0.2) is 15.0 Å². The first-order valence-corrected chi connectivity index (χ1v) is 12.0. The largest absolute Gasteiger partial charge is 0.478 e. The molecular weight excluding hydrogens is 438 g/mol. The maximum atomic E-state index is 11.4. The van der Waals surface area contributed by atoms with E-state index in [1.807, 2.05) is 30.3 Å². The number of hydrogen-bond acceptors (Lipinski definition) is 4. The minimum atomic E-state index is -0.953. The summed E-state index contributed by atoms with van der Waals surface area (Å²) in [7, 11) is 2.05. The summed E-state index contributed by atoms with van der Waals surface area (Å²) in [6, 6.07) is 17.3. The molecule has 0 fully saturated rings. The molecule has 3 aromatic carbocycles. The smallest absolute Gasteiger partial charge is 0.335 e. The SMILES string of the molecule is CN1c2ccc([NH2+]O)cc2N=C(c2ccc(C(=O)O)cc2)c2cc3c(cc21)C(C)(C)CCC3(C)C. The molecule has 3 aromatic rings. The van der Waals surface area contributed by atoms with Gasteiger partial charge in [-0.15, -0.1) is 0 Å². The summed E-state index contributed by atoms with van der Waals surface area (Å²) in [4.78, 5) is 18.7. The van der Waals surface area contributed by atoms with E-state index in [1.54, 1.807) is 12.1 Å². The van der Waals surface area contributed by atoms with Gasteiger partial charge < -0.3 is 10.0 Å². The lowest BCUT2D eigenvalue weighted by Crippen LogP contribution is -2.73. The third-order valence-corrected chi connectivity index (χ3v) is 7.73. The predicted octanol–water partition coefficient (Wildman–Crippen LogP) is 5.57. The fourth-order valence-corrected chi connectivity index (χ4v) is 5.36. The standard InChI is InChI=1S/C29H31N3O3/c1-28(2)12-13-29(3,4)22-16-25-20(15-21(22)28)26(17-6-8-18(9-7-17)27(33)34)30-23-14-19(31-35)10-11-24(23)32(25)5/h6-11,14-16,31,35H,12-13H2,1-5H3,(H,33,34)/p+1. The van der Waals surface area contributed by atoms with Crippen LogP contribution in [0.1, 0.15) is 73.1 Å². The second-order valence-corrected chi connectivity index (χ2v) is 11.0. The summed E-state index contributed by atoms with van der Waals surface area (Å²) in [5, 5.41) is 19.0. The van der Waals surface area contributed by atoms with Crippen LogP contribution in [0.5, 0.6) is 0 Å². The third kappa shape index (κ3) is 3.83. The Labute approximate surface area is 205 Å². The number of carboxylic acid groups (broad SMARTS) is 1. The van der Waals surface area contributed by atoms with Crippen molar-refractivity contribution in [1.82, 2.24) is 0 Å². The van der Waals surface area contributed by atoms with Crippen LogP contribution >= 0.6 is 0 Å². The van der Waals surface area contributed by atoms with Gasteiger partial charge in [-0.3, -0.25) is 0 Å². The molecular formula is C29H32N3O3+. The van der Waals surface area contributed by atoms with Crippen molar-refractivity contribution in [3.05, 3.63) is 82.4 Å². The Balaban J connectivity index is 1.82. The molecule has 2 aliphatic rings. The zero-order valence-corrected chi connectivity index (χ0v) is 20.9. The Morgan fingerprint density at radius 1 is 0.914 bits per heavy atom. The second-order valence-electron chi connectivity index (χ2n) is 11.0. The van der Waals surface area contributed by atoms with Crippen molar-refractivity contribution >= 4 is 34.4 Å². The van der Waals surface area contributed by atoms with Gasteiger partial charge in [0.25, 0.3) is 0 Å². The highest BCUT2D eigenvalue weighted by Gasteiger charge is 2.39. The van der Waals surface area contributed by atoms with Crippen LogP contribution in [-0.2, 0) is 10.8 Å². The monoisotopic (exact) mass is 470 g/mol. The summed E-state index contributed by atoms with van der Waals surface area (Å²) < 4.78 is 0. The molecule has 0 saturated heterocycles. The van der Waals surface area contributed by atoms with E-state index in [0.717, 1.165) is 52.2 Å². The maximum Gasteiger partial charge on any atom is 0.335 e. The Morgan fingerprint density at radius 3 is 2.14 bits per heavy atom. The molecule has 0 atom stereocenters. The van der Waals surface area contributed by atoms with E-state index in [1.165, 1.54) is 11.1 Å². The van der Waals surface area contributed by atoms with E-state index in [9.17, 15) is 15.1 Å². The summed E-state index contributed by atoms with van der Waals surface area (Å²) >= 11 is 0. The van der Waals surface area contributed by atoms with Crippen molar-refractivity contribution in [2.24, 2.45) is 4.99 Å². The summed E-state index contributed by atoms with van der Waals surface area (Å²) in [5.74, 6) is -0.953. The summed E-state index contributed by atoms with van der Waals surface area (Å²) in [5.41, 5.74) is 10.2. The number of quaternary nitrogens is 1. The third-order valence-electron chi connectivity index (χ3n) is 7.73. The van der Waals surface area contributed by atoms with E-state index in [2.05, 4.69) is 51.8 Å². The molecule has 0 aromatic heterocycles. The van der Waals surface area contributed by atoms with E-state index in [0.29, 0.717) is 5.69 Å². The molecule has 1 heterocycles. The van der Waals surface area contributed by atoms with Crippen LogP contribution in [0.2, 0.25) is 0 Å². The van der Waals surface area contributed by atoms with Gasteiger partial charge in [0.05, 0.1) is 28.3 Å². The number of aromatic carboxylic acids is 1. The Morgan fingerprint density at radius 2 is 1.54 bits per heavy atom. The number of carboxylic acids is 1. The van der Waals surface area contributed by atoms with Gasteiger partial charge >= 0.3 is 5.97 Å². The van der Waals surface area contributed by atoms with Crippen LogP contribution in [0.3, 0.4) is 0 Å². The normalized spacial score (nSPS) is 17.5. The summed E-state index contributed by atoms with van der Waals surface area (Å²) in [6.45, 7) is 9.26. The second kappa shape index (κ2) is 8.04. The van der Waals surface area contributed by atoms with E-state index in [4.69, 9.17) is 4.99 Å². The lowest BCUT2D eigenvalue weighted by Gasteiger charge is -2.43. The number of rotatable bonds is 3. The molecule has 6 nitrogen and oxygen atoms in total. The van der Waals surface area contributed by atoms with Crippen molar-refractivity contribution in [3.8, 4) is 0 Å². The Hall–Kier alpha value is -3.48. The van der Waals surface area contributed by atoms with Crippen LogP contribution in [0.4, 0.5) is 22.7 Å². The number of carbonyl (C=O) groups is 1. The minimum absolute atomic E-state index is 0.0366. The number of nitrogens with two attached hydrogens (primary N) is 1. The fraction of sp³-hybridized carbons (Fsp3) is 0.310. The van der Waals surface area contributed by atoms with Gasteiger partial charge in [-0.1, -0.05) is 39.8 Å². The fourth-order valence-electron chi connectivity index (χ4n) is 5.36. The van der Waals surface area contributed by atoms with Gasteiger partial charge in [0.2, 0.25) is 0 Å².